The van der Waals surface area contributed by atoms with Gasteiger partial charge in [0, 0.05) is 0 Å². The summed E-state index contributed by atoms with van der Waals surface area (Å²) < 4.78 is 15.6. The average molecular weight is 211 g/mol. The normalized spacial score (nSPS) is 41.7. The van der Waals surface area contributed by atoms with Gasteiger partial charge in [0.2, 0.25) is 0 Å². The molecular weight excluding hydrogens is 200 g/mol. The third-order valence-electron chi connectivity index (χ3n) is 1.20. The van der Waals surface area contributed by atoms with Crippen LogP contribution in [0.5, 0.6) is 0 Å². The van der Waals surface area contributed by atoms with E-state index in [1.165, 1.54) is 0 Å². The molecule has 0 aromatic carbocycles. The minimum Gasteiger partial charge on any atom is -0.324 e. The largest absolute Gasteiger partial charge is 0.324 e. The third kappa shape index (κ3) is 2.20. The molecule has 4 heteroatoms. The summed E-state index contributed by atoms with van der Waals surface area (Å²) in [4.78, 5) is 0. The Balaban J connectivity index is 2.35. The molecule has 1 aliphatic heterocycles. The van der Waals surface area contributed by atoms with Crippen molar-refractivity contribution in [3.8, 4) is 0 Å². The number of hydrogen-bond acceptors (Lipinski definition) is 3. The summed E-state index contributed by atoms with van der Waals surface area (Å²) in [6, 6.07) is 0. The Morgan fingerprint density at radius 2 is 1.60 bits per heavy atom. The zero-order chi connectivity index (χ0) is 7.56. The van der Waals surface area contributed by atoms with Crippen molar-refractivity contribution in [1.82, 2.24) is 0 Å². The molecule has 0 aliphatic carbocycles. The zero-order valence-electron chi connectivity index (χ0n) is 6.04. The van der Waals surface area contributed by atoms with Crippen LogP contribution in [0.1, 0.15) is 13.8 Å². The second kappa shape index (κ2) is 3.67. The van der Waals surface area contributed by atoms with Gasteiger partial charge in [-0.2, -0.15) is 0 Å². The molecule has 0 radical (unpaired) electrons. The lowest BCUT2D eigenvalue weighted by Gasteiger charge is -2.31. The van der Waals surface area contributed by atoms with Crippen molar-refractivity contribution >= 4 is 15.9 Å². The first-order valence-electron chi connectivity index (χ1n) is 3.24. The molecule has 0 N–H and O–H groups in total. The van der Waals surface area contributed by atoms with Crippen LogP contribution in [0.15, 0.2) is 0 Å². The molecule has 1 heterocycles. The number of alkyl halides is 1. The van der Waals surface area contributed by atoms with E-state index in [0.717, 1.165) is 0 Å². The second-order valence-corrected chi connectivity index (χ2v) is 2.77. The van der Waals surface area contributed by atoms with Crippen molar-refractivity contribution in [3.05, 3.63) is 0 Å². The Morgan fingerprint density at radius 1 is 1.10 bits per heavy atom. The van der Waals surface area contributed by atoms with Gasteiger partial charge in [-0.1, -0.05) is 15.9 Å². The first-order valence-corrected chi connectivity index (χ1v) is 4.37. The highest BCUT2D eigenvalue weighted by atomic mass is 79.9. The van der Waals surface area contributed by atoms with Crippen LogP contribution >= 0.6 is 15.9 Å². The fraction of sp³-hybridized carbons (Fsp3) is 1.00. The Kier molecular flexibility index (Phi) is 3.10. The van der Waals surface area contributed by atoms with Gasteiger partial charge in [0.15, 0.2) is 18.9 Å². The predicted molar refractivity (Wildman–Crippen MR) is 39.8 cm³/mol. The first kappa shape index (κ1) is 8.46. The first-order chi connectivity index (χ1) is 4.72. The van der Waals surface area contributed by atoms with Crippen LogP contribution in [0.3, 0.4) is 0 Å². The molecule has 1 aliphatic rings. The van der Waals surface area contributed by atoms with Crippen molar-refractivity contribution in [3.63, 3.8) is 0 Å². The number of ether oxygens (including phenoxy) is 3. The highest BCUT2D eigenvalue weighted by Crippen LogP contribution is 2.15. The van der Waals surface area contributed by atoms with Gasteiger partial charge in [0.05, 0.1) is 5.33 Å². The maximum Gasteiger partial charge on any atom is 0.173 e. The number of hydrogen-bond donors (Lipinski definition) is 0. The second-order valence-electron chi connectivity index (χ2n) is 2.13. The number of rotatable bonds is 1. The van der Waals surface area contributed by atoms with E-state index >= 15 is 0 Å². The van der Waals surface area contributed by atoms with E-state index < -0.39 is 0 Å². The Bertz CT molecular complexity index is 99.2. The van der Waals surface area contributed by atoms with Gasteiger partial charge in [0.1, 0.15) is 0 Å². The van der Waals surface area contributed by atoms with E-state index in [1.807, 2.05) is 13.8 Å². The molecule has 1 rings (SSSR count). The van der Waals surface area contributed by atoms with Gasteiger partial charge in [-0.25, -0.2) is 0 Å². The summed E-state index contributed by atoms with van der Waals surface area (Å²) in [5, 5.41) is 0.686. The molecule has 0 bridgehead atoms. The average Bonchev–Trinajstić information content (AvgIpc) is 1.85. The minimum atomic E-state index is -0.168. The van der Waals surface area contributed by atoms with E-state index in [-0.39, 0.29) is 18.9 Å². The van der Waals surface area contributed by atoms with Crippen LogP contribution < -0.4 is 0 Å². The Labute approximate surface area is 68.8 Å². The maximum absolute atomic E-state index is 5.21. The van der Waals surface area contributed by atoms with E-state index in [0.29, 0.717) is 5.33 Å². The van der Waals surface area contributed by atoms with E-state index in [2.05, 4.69) is 15.9 Å². The van der Waals surface area contributed by atoms with Crippen molar-refractivity contribution in [2.24, 2.45) is 0 Å². The van der Waals surface area contributed by atoms with Gasteiger partial charge < -0.3 is 14.2 Å². The highest BCUT2D eigenvalue weighted by molar-refractivity contribution is 9.09. The quantitative estimate of drug-likeness (QED) is 0.614. The van der Waals surface area contributed by atoms with Crippen LogP contribution in [0.25, 0.3) is 0 Å². The van der Waals surface area contributed by atoms with E-state index in [4.69, 9.17) is 14.2 Å². The Hall–Kier alpha value is 0.360. The van der Waals surface area contributed by atoms with Crippen LogP contribution in [0.2, 0.25) is 0 Å². The maximum atomic E-state index is 5.21. The van der Waals surface area contributed by atoms with Crippen molar-refractivity contribution < 1.29 is 14.2 Å². The molecular formula is C6H11BrO3. The third-order valence-corrected chi connectivity index (χ3v) is 1.72. The molecule has 2 atom stereocenters. The highest BCUT2D eigenvalue weighted by Gasteiger charge is 2.23. The van der Waals surface area contributed by atoms with Crippen LogP contribution in [-0.4, -0.2) is 24.2 Å². The molecule has 3 nitrogen and oxygen atoms in total. The lowest BCUT2D eigenvalue weighted by molar-refractivity contribution is -0.365. The van der Waals surface area contributed by atoms with Gasteiger partial charge in [-0.05, 0) is 13.8 Å². The van der Waals surface area contributed by atoms with Crippen molar-refractivity contribution in [2.45, 2.75) is 32.7 Å². The molecule has 1 fully saturated rings. The summed E-state index contributed by atoms with van der Waals surface area (Å²) in [5.74, 6) is 0. The number of halogens is 1. The lowest BCUT2D eigenvalue weighted by atomic mass is 10.6. The molecule has 1 saturated heterocycles. The summed E-state index contributed by atoms with van der Waals surface area (Å²) in [6.45, 7) is 3.71. The zero-order valence-corrected chi connectivity index (χ0v) is 7.63. The standard InChI is InChI=1S/C6H11BrO3/c1-4-8-5(2)10-6(3-7)9-4/h4-6H,3H2,1-2H3/t4-,5-/m0/s1. The molecule has 0 aromatic heterocycles. The SMILES string of the molecule is C[C@@H]1OC(CBr)O[C@@H](C)O1. The summed E-state index contributed by atoms with van der Waals surface area (Å²) in [7, 11) is 0. The summed E-state index contributed by atoms with van der Waals surface area (Å²) >= 11 is 3.26. The van der Waals surface area contributed by atoms with Crippen LogP contribution in [0, 0.1) is 0 Å². The van der Waals surface area contributed by atoms with Gasteiger partial charge in [0.25, 0.3) is 0 Å². The molecule has 0 saturated carbocycles. The lowest BCUT2D eigenvalue weighted by Crippen LogP contribution is -2.38. The Morgan fingerprint density at radius 3 is 2.00 bits per heavy atom. The molecule has 0 spiro atoms. The molecule has 60 valence electrons. The van der Waals surface area contributed by atoms with Crippen molar-refractivity contribution in [2.75, 3.05) is 5.33 Å². The molecule has 0 amide bonds. The predicted octanol–water partition coefficient (Wildman–Crippen LogP) is 1.46. The van der Waals surface area contributed by atoms with E-state index in [9.17, 15) is 0 Å². The fourth-order valence-electron chi connectivity index (χ4n) is 0.866. The van der Waals surface area contributed by atoms with Gasteiger partial charge in [-0.3, -0.25) is 0 Å². The van der Waals surface area contributed by atoms with Gasteiger partial charge in [-0.15, -0.1) is 0 Å². The summed E-state index contributed by atoms with van der Waals surface area (Å²) in [6.07, 6.45) is -0.489. The fourth-order valence-corrected chi connectivity index (χ4v) is 1.17. The monoisotopic (exact) mass is 210 g/mol. The molecule has 0 unspecified atom stereocenters. The van der Waals surface area contributed by atoms with E-state index in [1.54, 1.807) is 0 Å². The molecule has 0 aromatic rings. The molecule has 10 heavy (non-hydrogen) atoms. The minimum absolute atomic E-state index is 0.161. The van der Waals surface area contributed by atoms with Crippen LogP contribution in [-0.2, 0) is 14.2 Å². The smallest absolute Gasteiger partial charge is 0.173 e. The van der Waals surface area contributed by atoms with Crippen molar-refractivity contribution in [1.29, 1.82) is 0 Å². The van der Waals surface area contributed by atoms with Crippen LogP contribution in [0.4, 0.5) is 0 Å². The van der Waals surface area contributed by atoms with Gasteiger partial charge >= 0.3 is 0 Å². The topological polar surface area (TPSA) is 27.7 Å². The summed E-state index contributed by atoms with van der Waals surface area (Å²) in [5.41, 5.74) is 0.